The molecule has 5 nitrogen and oxygen atoms in total. The van der Waals surface area contributed by atoms with E-state index in [1.165, 1.54) is 0 Å². The summed E-state index contributed by atoms with van der Waals surface area (Å²) in [6, 6.07) is 5.78. The molecule has 96 valence electrons. The van der Waals surface area contributed by atoms with Gasteiger partial charge in [0.2, 0.25) is 6.54 Å². The van der Waals surface area contributed by atoms with Crippen LogP contribution in [0.5, 0.6) is 0 Å². The van der Waals surface area contributed by atoms with E-state index in [9.17, 15) is 0 Å². The number of para-hydroxylation sites is 1. The van der Waals surface area contributed by atoms with Crippen LogP contribution in [0.15, 0.2) is 18.2 Å². The summed E-state index contributed by atoms with van der Waals surface area (Å²) in [6.07, 6.45) is 0. The molecule has 0 saturated carbocycles. The Kier molecular flexibility index (Phi) is 3.90. The molecule has 1 aromatic rings. The second-order valence-corrected chi connectivity index (χ2v) is 4.49. The Morgan fingerprint density at radius 3 is 2.56 bits per heavy atom. The van der Waals surface area contributed by atoms with E-state index in [-0.39, 0.29) is 0 Å². The maximum atomic E-state index is 6.80. The highest BCUT2D eigenvalue weighted by Crippen LogP contribution is 2.28. The Hall–Kier alpha value is -1.93. The van der Waals surface area contributed by atoms with Gasteiger partial charge in [0, 0.05) is 26.2 Å². The Morgan fingerprint density at radius 2 is 1.89 bits per heavy atom. The molecule has 0 spiro atoms. The van der Waals surface area contributed by atoms with Crippen LogP contribution in [0.2, 0.25) is 0 Å². The van der Waals surface area contributed by atoms with Gasteiger partial charge in [0.05, 0.1) is 23.6 Å². The van der Waals surface area contributed by atoms with Crippen LogP contribution in [0, 0.1) is 6.57 Å². The van der Waals surface area contributed by atoms with E-state index in [4.69, 9.17) is 18.0 Å². The Labute approximate surface area is 108 Å². The molecule has 2 rings (SSSR count). The number of hydrogen-bond acceptors (Lipinski definition) is 4. The van der Waals surface area contributed by atoms with Crippen molar-refractivity contribution in [3.63, 3.8) is 0 Å². The maximum absolute atomic E-state index is 6.80. The third-order valence-corrected chi connectivity index (χ3v) is 3.36. The maximum Gasteiger partial charge on any atom is 0.227 e. The molecule has 5 heteroatoms. The molecule has 1 aromatic carbocycles. The highest BCUT2D eigenvalue weighted by molar-refractivity contribution is 5.79. The number of rotatable bonds is 3. The van der Waals surface area contributed by atoms with Gasteiger partial charge in [0.25, 0.3) is 0 Å². The second-order valence-electron chi connectivity index (χ2n) is 4.49. The van der Waals surface area contributed by atoms with Gasteiger partial charge >= 0.3 is 0 Å². The largest absolute Gasteiger partial charge is 0.397 e. The molecular formula is C13H19N5. The quantitative estimate of drug-likeness (QED) is 0.613. The lowest BCUT2D eigenvalue weighted by Gasteiger charge is -2.36. The molecule has 1 saturated heterocycles. The highest BCUT2D eigenvalue weighted by Gasteiger charge is 2.19. The molecule has 1 heterocycles. The topological polar surface area (TPSA) is 62.9 Å². The molecule has 1 aliphatic rings. The van der Waals surface area contributed by atoms with Gasteiger partial charge in [-0.3, -0.25) is 4.90 Å². The summed E-state index contributed by atoms with van der Waals surface area (Å²) >= 11 is 0. The fourth-order valence-electron chi connectivity index (χ4n) is 2.25. The summed E-state index contributed by atoms with van der Waals surface area (Å²) < 4.78 is 0. The molecule has 0 bridgehead atoms. The first-order chi connectivity index (χ1) is 8.72. The lowest BCUT2D eigenvalue weighted by Crippen LogP contribution is -2.47. The van der Waals surface area contributed by atoms with Crippen LogP contribution < -0.4 is 16.4 Å². The average molecular weight is 245 g/mol. The number of nitrogen functional groups attached to an aromatic ring is 2. The van der Waals surface area contributed by atoms with Crippen molar-refractivity contribution in [2.24, 2.45) is 0 Å². The van der Waals surface area contributed by atoms with E-state index >= 15 is 0 Å². The zero-order valence-electron chi connectivity index (χ0n) is 10.5. The molecule has 1 fully saturated rings. The molecule has 4 N–H and O–H groups in total. The fraction of sp³-hybridized carbons (Fsp3) is 0.462. The Morgan fingerprint density at radius 1 is 1.17 bits per heavy atom. The van der Waals surface area contributed by atoms with E-state index in [0.29, 0.717) is 17.9 Å². The molecule has 1 aliphatic heterocycles. The summed E-state index contributed by atoms with van der Waals surface area (Å²) in [5.74, 6) is 0. The Balaban J connectivity index is 1.97. The van der Waals surface area contributed by atoms with E-state index in [1.54, 1.807) is 0 Å². The predicted molar refractivity (Wildman–Crippen MR) is 75.4 cm³/mol. The number of nitrogens with zero attached hydrogens (tertiary/aromatic N) is 3. The van der Waals surface area contributed by atoms with Gasteiger partial charge in [0.15, 0.2) is 0 Å². The third kappa shape index (κ3) is 2.66. The summed E-state index contributed by atoms with van der Waals surface area (Å²) in [6.45, 7) is 12.1. The number of benzene rings is 1. The lowest BCUT2D eigenvalue weighted by molar-refractivity contribution is 0.269. The summed E-state index contributed by atoms with van der Waals surface area (Å²) in [7, 11) is 0. The van der Waals surface area contributed by atoms with Crippen molar-refractivity contribution in [3.8, 4) is 0 Å². The van der Waals surface area contributed by atoms with Crippen LogP contribution in [0.1, 0.15) is 0 Å². The number of anilines is 3. The van der Waals surface area contributed by atoms with E-state index in [1.807, 2.05) is 18.2 Å². The van der Waals surface area contributed by atoms with Crippen LogP contribution in [-0.2, 0) is 0 Å². The summed E-state index contributed by atoms with van der Waals surface area (Å²) in [5.41, 5.74) is 14.2. The highest BCUT2D eigenvalue weighted by atomic mass is 15.3. The van der Waals surface area contributed by atoms with E-state index < -0.39 is 0 Å². The smallest absolute Gasteiger partial charge is 0.227 e. The van der Waals surface area contributed by atoms with Crippen molar-refractivity contribution >= 4 is 17.1 Å². The molecule has 0 radical (unpaired) electrons. The molecule has 18 heavy (non-hydrogen) atoms. The minimum absolute atomic E-state index is 0.584. The molecular weight excluding hydrogens is 226 g/mol. The van der Waals surface area contributed by atoms with Crippen molar-refractivity contribution < 1.29 is 0 Å². The van der Waals surface area contributed by atoms with Crippen LogP contribution in [-0.4, -0.2) is 44.2 Å². The van der Waals surface area contributed by atoms with Gasteiger partial charge in [-0.25, -0.2) is 6.57 Å². The van der Waals surface area contributed by atoms with E-state index in [2.05, 4.69) is 14.6 Å². The van der Waals surface area contributed by atoms with Gasteiger partial charge < -0.3 is 21.2 Å². The SMILES string of the molecule is [C-]#[N+]CCN1CCN(c2cccc(N)c2N)CC1. The average Bonchev–Trinajstić information content (AvgIpc) is 2.40. The zero-order valence-corrected chi connectivity index (χ0v) is 10.5. The van der Waals surface area contributed by atoms with E-state index in [0.717, 1.165) is 38.4 Å². The van der Waals surface area contributed by atoms with Crippen molar-refractivity contribution in [1.82, 2.24) is 4.90 Å². The normalized spacial score (nSPS) is 16.5. The van der Waals surface area contributed by atoms with Gasteiger partial charge in [-0.1, -0.05) is 6.07 Å². The molecule has 0 aromatic heterocycles. The lowest BCUT2D eigenvalue weighted by atomic mass is 10.2. The van der Waals surface area contributed by atoms with Gasteiger partial charge in [0.1, 0.15) is 0 Å². The summed E-state index contributed by atoms with van der Waals surface area (Å²) in [4.78, 5) is 7.97. The molecule has 0 atom stereocenters. The molecule has 0 aliphatic carbocycles. The first kappa shape index (κ1) is 12.5. The predicted octanol–water partition coefficient (Wildman–Crippen LogP) is 0.892. The standard InChI is InChI=1S/C13H19N5/c1-16-5-6-17-7-9-18(10-8-17)12-4-2-3-11(14)13(12)15/h2-4H,5-10,14-15H2. The van der Waals surface area contributed by atoms with Crippen molar-refractivity contribution in [1.29, 1.82) is 0 Å². The van der Waals surface area contributed by atoms with Gasteiger partial charge in [-0.15, -0.1) is 0 Å². The van der Waals surface area contributed by atoms with Crippen LogP contribution in [0.25, 0.3) is 4.85 Å². The van der Waals surface area contributed by atoms with Gasteiger partial charge in [-0.05, 0) is 12.1 Å². The second kappa shape index (κ2) is 5.61. The monoisotopic (exact) mass is 245 g/mol. The van der Waals surface area contributed by atoms with Gasteiger partial charge in [-0.2, -0.15) is 0 Å². The third-order valence-electron chi connectivity index (χ3n) is 3.36. The van der Waals surface area contributed by atoms with Crippen LogP contribution >= 0.6 is 0 Å². The first-order valence-corrected chi connectivity index (χ1v) is 6.17. The summed E-state index contributed by atoms with van der Waals surface area (Å²) in [5, 5.41) is 0. The molecule has 0 unspecified atom stereocenters. The first-order valence-electron chi connectivity index (χ1n) is 6.17. The fourth-order valence-corrected chi connectivity index (χ4v) is 2.25. The Bertz CT molecular complexity index is 443. The van der Waals surface area contributed by atoms with Crippen LogP contribution in [0.4, 0.5) is 17.1 Å². The van der Waals surface area contributed by atoms with Crippen molar-refractivity contribution in [3.05, 3.63) is 29.6 Å². The number of hydrogen-bond donors (Lipinski definition) is 2. The number of nitrogens with two attached hydrogens (primary N) is 2. The zero-order chi connectivity index (χ0) is 13.0. The molecule has 0 amide bonds. The minimum Gasteiger partial charge on any atom is -0.397 e. The van der Waals surface area contributed by atoms with Crippen molar-refractivity contribution in [2.75, 3.05) is 55.6 Å². The van der Waals surface area contributed by atoms with Crippen LogP contribution in [0.3, 0.4) is 0 Å². The minimum atomic E-state index is 0.584. The van der Waals surface area contributed by atoms with Crippen molar-refractivity contribution in [2.45, 2.75) is 0 Å². The number of piperazine rings is 1.